The SMILES string of the molecule is Cc1ccc(F)cc1C(=O)COC1CCNCC1. The molecule has 0 aromatic heterocycles. The quantitative estimate of drug-likeness (QED) is 0.833. The lowest BCUT2D eigenvalue weighted by atomic mass is 10.0. The lowest BCUT2D eigenvalue weighted by Gasteiger charge is -2.22. The Labute approximate surface area is 106 Å². The summed E-state index contributed by atoms with van der Waals surface area (Å²) in [6.07, 6.45) is 1.99. The predicted molar refractivity (Wildman–Crippen MR) is 67.3 cm³/mol. The first kappa shape index (κ1) is 13.2. The third kappa shape index (κ3) is 3.37. The maximum absolute atomic E-state index is 13.1. The Kier molecular flexibility index (Phi) is 4.44. The highest BCUT2D eigenvalue weighted by atomic mass is 19.1. The summed E-state index contributed by atoms with van der Waals surface area (Å²) in [5.74, 6) is -0.531. The van der Waals surface area contributed by atoms with Crippen LogP contribution < -0.4 is 5.32 Å². The predicted octanol–water partition coefficient (Wildman–Crippen LogP) is 2.09. The summed E-state index contributed by atoms with van der Waals surface area (Å²) in [4.78, 5) is 12.0. The van der Waals surface area contributed by atoms with Gasteiger partial charge in [0.15, 0.2) is 5.78 Å². The van der Waals surface area contributed by atoms with Crippen LogP contribution in [0.3, 0.4) is 0 Å². The Bertz CT molecular complexity index is 428. The first-order valence-corrected chi connectivity index (χ1v) is 6.28. The molecule has 1 N–H and O–H groups in total. The van der Waals surface area contributed by atoms with Gasteiger partial charge in [-0.25, -0.2) is 4.39 Å². The lowest BCUT2D eigenvalue weighted by molar-refractivity contribution is 0.0317. The molecule has 0 amide bonds. The van der Waals surface area contributed by atoms with Crippen molar-refractivity contribution in [2.45, 2.75) is 25.9 Å². The highest BCUT2D eigenvalue weighted by Crippen LogP contribution is 2.13. The minimum atomic E-state index is -0.384. The van der Waals surface area contributed by atoms with Gasteiger partial charge in [-0.15, -0.1) is 0 Å². The van der Waals surface area contributed by atoms with Gasteiger partial charge in [-0.1, -0.05) is 6.07 Å². The number of hydrogen-bond donors (Lipinski definition) is 1. The number of hydrogen-bond acceptors (Lipinski definition) is 3. The van der Waals surface area contributed by atoms with E-state index in [1.807, 2.05) is 0 Å². The number of benzene rings is 1. The molecular weight excluding hydrogens is 233 g/mol. The van der Waals surface area contributed by atoms with E-state index in [2.05, 4.69) is 5.32 Å². The maximum atomic E-state index is 13.1. The Hall–Kier alpha value is -1.26. The van der Waals surface area contributed by atoms with E-state index in [9.17, 15) is 9.18 Å². The fraction of sp³-hybridized carbons (Fsp3) is 0.500. The number of Topliss-reactive ketones (excluding diaryl/α,β-unsaturated/α-hetero) is 1. The molecule has 1 aromatic rings. The van der Waals surface area contributed by atoms with Gasteiger partial charge in [0.1, 0.15) is 12.4 Å². The molecular formula is C14H18FNO2. The number of ketones is 1. The summed E-state index contributed by atoms with van der Waals surface area (Å²) in [6.45, 7) is 3.70. The molecule has 2 rings (SSSR count). The summed E-state index contributed by atoms with van der Waals surface area (Å²) in [5, 5.41) is 3.24. The van der Waals surface area contributed by atoms with Crippen LogP contribution in [0.2, 0.25) is 0 Å². The molecule has 98 valence electrons. The van der Waals surface area contributed by atoms with Crippen LogP contribution in [0.25, 0.3) is 0 Å². The molecule has 1 aliphatic heterocycles. The standard InChI is InChI=1S/C14H18FNO2/c1-10-2-3-11(15)8-13(10)14(17)9-18-12-4-6-16-7-5-12/h2-3,8,12,16H,4-7,9H2,1H3. The average molecular weight is 251 g/mol. The molecule has 0 spiro atoms. The zero-order valence-electron chi connectivity index (χ0n) is 10.5. The van der Waals surface area contributed by atoms with E-state index in [0.717, 1.165) is 31.5 Å². The van der Waals surface area contributed by atoms with E-state index in [-0.39, 0.29) is 24.3 Å². The first-order chi connectivity index (χ1) is 8.66. The molecule has 18 heavy (non-hydrogen) atoms. The summed E-state index contributed by atoms with van der Waals surface area (Å²) in [6, 6.07) is 4.26. The van der Waals surface area contributed by atoms with Gasteiger partial charge in [0, 0.05) is 5.56 Å². The van der Waals surface area contributed by atoms with E-state index in [0.29, 0.717) is 5.56 Å². The number of ether oxygens (including phenoxy) is 1. The summed E-state index contributed by atoms with van der Waals surface area (Å²) >= 11 is 0. The minimum absolute atomic E-state index is 0.0367. The number of carbonyl (C=O) groups is 1. The zero-order valence-corrected chi connectivity index (χ0v) is 10.5. The van der Waals surface area contributed by atoms with E-state index in [1.165, 1.54) is 12.1 Å². The fourth-order valence-electron chi connectivity index (χ4n) is 2.13. The second kappa shape index (κ2) is 6.07. The van der Waals surface area contributed by atoms with Gasteiger partial charge in [-0.2, -0.15) is 0 Å². The van der Waals surface area contributed by atoms with Crippen molar-refractivity contribution < 1.29 is 13.9 Å². The van der Waals surface area contributed by atoms with E-state index in [4.69, 9.17) is 4.74 Å². The molecule has 0 atom stereocenters. The topological polar surface area (TPSA) is 38.3 Å². The highest BCUT2D eigenvalue weighted by Gasteiger charge is 2.16. The molecule has 4 heteroatoms. The molecule has 3 nitrogen and oxygen atoms in total. The number of carbonyl (C=O) groups excluding carboxylic acids is 1. The molecule has 0 bridgehead atoms. The molecule has 1 fully saturated rings. The molecule has 0 radical (unpaired) electrons. The van der Waals surface area contributed by atoms with Crippen LogP contribution in [0.15, 0.2) is 18.2 Å². The number of rotatable bonds is 4. The van der Waals surface area contributed by atoms with Gasteiger partial charge in [-0.05, 0) is 50.6 Å². The van der Waals surface area contributed by atoms with Crippen molar-refractivity contribution in [1.82, 2.24) is 5.32 Å². The Balaban J connectivity index is 1.92. The van der Waals surface area contributed by atoms with Gasteiger partial charge >= 0.3 is 0 Å². The number of aryl methyl sites for hydroxylation is 1. The number of halogens is 1. The van der Waals surface area contributed by atoms with Crippen molar-refractivity contribution in [3.8, 4) is 0 Å². The second-order valence-corrected chi connectivity index (χ2v) is 4.64. The van der Waals surface area contributed by atoms with Gasteiger partial charge in [0.25, 0.3) is 0 Å². The van der Waals surface area contributed by atoms with Crippen molar-refractivity contribution in [1.29, 1.82) is 0 Å². The van der Waals surface area contributed by atoms with Crippen LogP contribution in [0.5, 0.6) is 0 Å². The summed E-state index contributed by atoms with van der Waals surface area (Å²) in [5.41, 5.74) is 1.21. The van der Waals surface area contributed by atoms with Gasteiger partial charge < -0.3 is 10.1 Å². The van der Waals surface area contributed by atoms with Crippen LogP contribution in [0, 0.1) is 12.7 Å². The van der Waals surface area contributed by atoms with E-state index < -0.39 is 0 Å². The Morgan fingerprint density at radius 1 is 1.44 bits per heavy atom. The van der Waals surface area contributed by atoms with Crippen molar-refractivity contribution in [2.75, 3.05) is 19.7 Å². The maximum Gasteiger partial charge on any atom is 0.188 e. The molecule has 0 saturated carbocycles. The summed E-state index contributed by atoms with van der Waals surface area (Å²) < 4.78 is 18.7. The lowest BCUT2D eigenvalue weighted by Crippen LogP contribution is -2.33. The summed E-state index contributed by atoms with van der Waals surface area (Å²) in [7, 11) is 0. The molecule has 0 aliphatic carbocycles. The zero-order chi connectivity index (χ0) is 13.0. The third-order valence-corrected chi connectivity index (χ3v) is 3.24. The van der Waals surface area contributed by atoms with Crippen LogP contribution in [-0.2, 0) is 4.74 Å². The fourth-order valence-corrected chi connectivity index (χ4v) is 2.13. The second-order valence-electron chi connectivity index (χ2n) is 4.64. The van der Waals surface area contributed by atoms with Gasteiger partial charge in [-0.3, -0.25) is 4.79 Å². The normalized spacial score (nSPS) is 16.8. The van der Waals surface area contributed by atoms with Crippen molar-refractivity contribution in [2.24, 2.45) is 0 Å². The molecule has 1 aromatic carbocycles. The Morgan fingerprint density at radius 2 is 2.17 bits per heavy atom. The largest absolute Gasteiger partial charge is 0.370 e. The monoisotopic (exact) mass is 251 g/mol. The van der Waals surface area contributed by atoms with Crippen LogP contribution in [0.4, 0.5) is 4.39 Å². The molecule has 1 aliphatic rings. The van der Waals surface area contributed by atoms with Gasteiger partial charge in [0.05, 0.1) is 6.10 Å². The van der Waals surface area contributed by atoms with Crippen molar-refractivity contribution in [3.63, 3.8) is 0 Å². The van der Waals surface area contributed by atoms with Gasteiger partial charge in [0.2, 0.25) is 0 Å². The van der Waals surface area contributed by atoms with Crippen molar-refractivity contribution >= 4 is 5.78 Å². The van der Waals surface area contributed by atoms with Crippen LogP contribution >= 0.6 is 0 Å². The van der Waals surface area contributed by atoms with Crippen molar-refractivity contribution in [3.05, 3.63) is 35.1 Å². The van der Waals surface area contributed by atoms with Crippen LogP contribution in [0.1, 0.15) is 28.8 Å². The molecule has 0 unspecified atom stereocenters. The first-order valence-electron chi connectivity index (χ1n) is 6.28. The molecule has 1 saturated heterocycles. The Morgan fingerprint density at radius 3 is 2.89 bits per heavy atom. The van der Waals surface area contributed by atoms with Crippen LogP contribution in [-0.4, -0.2) is 31.6 Å². The van der Waals surface area contributed by atoms with E-state index in [1.54, 1.807) is 13.0 Å². The number of nitrogens with one attached hydrogen (secondary N) is 1. The van der Waals surface area contributed by atoms with E-state index >= 15 is 0 Å². The third-order valence-electron chi connectivity index (χ3n) is 3.24. The number of piperidine rings is 1. The molecule has 1 heterocycles. The smallest absolute Gasteiger partial charge is 0.188 e. The highest BCUT2D eigenvalue weighted by molar-refractivity contribution is 5.98. The minimum Gasteiger partial charge on any atom is -0.370 e. The average Bonchev–Trinajstić information content (AvgIpc) is 2.40.